The molecule has 8 atom stereocenters. The fourth-order valence-corrected chi connectivity index (χ4v) is 8.94. The molecule has 0 radical (unpaired) electrons. The van der Waals surface area contributed by atoms with Gasteiger partial charge in [-0.15, -0.1) is 0 Å². The highest BCUT2D eigenvalue weighted by molar-refractivity contribution is 5.96. The number of fused-ring (bicyclic) bond motifs is 5. The zero-order valence-electron chi connectivity index (χ0n) is 23.1. The van der Waals surface area contributed by atoms with Gasteiger partial charge in [-0.1, -0.05) is 24.6 Å². The number of carbonyl (C=O) groups is 3. The first-order valence-electron chi connectivity index (χ1n) is 14.1. The van der Waals surface area contributed by atoms with Crippen LogP contribution in [0.1, 0.15) is 78.6 Å². The number of oxime groups is 1. The van der Waals surface area contributed by atoms with Gasteiger partial charge in [0.25, 0.3) is 5.91 Å². The highest BCUT2D eigenvalue weighted by Gasteiger charge is 2.65. The van der Waals surface area contributed by atoms with E-state index in [0.717, 1.165) is 50.7 Å². The molecule has 1 saturated heterocycles. The molecule has 38 heavy (non-hydrogen) atoms. The minimum Gasteiger partial charge on any atom is -0.467 e. The van der Waals surface area contributed by atoms with Crippen molar-refractivity contribution in [2.45, 2.75) is 96.3 Å². The van der Waals surface area contributed by atoms with Crippen molar-refractivity contribution in [2.75, 3.05) is 20.3 Å². The van der Waals surface area contributed by atoms with Gasteiger partial charge in [-0.25, -0.2) is 4.79 Å². The monoisotopic (exact) mass is 530 g/mol. The Morgan fingerprint density at radius 1 is 1.11 bits per heavy atom. The number of allylic oxidation sites excluding steroid dienone is 2. The first-order valence-corrected chi connectivity index (χ1v) is 14.1. The molecule has 0 unspecified atom stereocenters. The van der Waals surface area contributed by atoms with E-state index in [1.54, 1.807) is 6.92 Å². The highest BCUT2D eigenvalue weighted by atomic mass is 16.6. The summed E-state index contributed by atoms with van der Waals surface area (Å²) < 4.78 is 4.76. The van der Waals surface area contributed by atoms with Gasteiger partial charge in [0.15, 0.2) is 12.4 Å². The van der Waals surface area contributed by atoms with Crippen LogP contribution < -0.4 is 0 Å². The van der Waals surface area contributed by atoms with Crippen LogP contribution >= 0.6 is 0 Å². The van der Waals surface area contributed by atoms with Crippen molar-refractivity contribution >= 4 is 23.4 Å². The summed E-state index contributed by atoms with van der Waals surface area (Å²) in [6.07, 6.45) is 8.67. The van der Waals surface area contributed by atoms with E-state index in [1.807, 2.05) is 0 Å². The number of methoxy groups -OCH3 is 1. The van der Waals surface area contributed by atoms with Crippen LogP contribution in [0.2, 0.25) is 0 Å². The molecule has 9 heteroatoms. The molecule has 4 aliphatic carbocycles. The standard InChI is InChI=1S/C29H42N2O7/c1-17(32)29(36)12-9-23-21-6-5-18-13-19(7-10-27(18,2)22(21)8-11-28(23,29)3)30-38-16-25(34)31-15-20(33)14-24(31)26(35)37-4/h13,20-24,33,36H,5-12,14-16H2,1-4H3/b30-19-/t20-,21-,22+,23+,24-,27+,28+,29+/m1/s1. The lowest BCUT2D eigenvalue weighted by atomic mass is 9.46. The maximum atomic E-state index is 12.7. The van der Waals surface area contributed by atoms with Gasteiger partial charge in [-0.2, -0.15) is 0 Å². The zero-order chi connectivity index (χ0) is 27.5. The van der Waals surface area contributed by atoms with E-state index >= 15 is 0 Å². The fraction of sp³-hybridized carbons (Fsp3) is 0.793. The van der Waals surface area contributed by atoms with Gasteiger partial charge >= 0.3 is 5.97 Å². The van der Waals surface area contributed by atoms with E-state index in [1.165, 1.54) is 17.6 Å². The number of hydrogen-bond acceptors (Lipinski definition) is 8. The molecule has 4 fully saturated rings. The predicted molar refractivity (Wildman–Crippen MR) is 139 cm³/mol. The first kappa shape index (κ1) is 27.3. The Kier molecular flexibility index (Phi) is 7.00. The maximum Gasteiger partial charge on any atom is 0.328 e. The van der Waals surface area contributed by atoms with Crippen LogP contribution in [0.25, 0.3) is 0 Å². The lowest BCUT2D eigenvalue weighted by Crippen LogP contribution is -2.57. The number of rotatable bonds is 5. The number of Topliss-reactive ketones (excluding diaryl/α,β-unsaturated/α-hetero) is 1. The second-order valence-electron chi connectivity index (χ2n) is 12.7. The molecule has 3 saturated carbocycles. The third-order valence-electron chi connectivity index (χ3n) is 11.2. The van der Waals surface area contributed by atoms with Crippen LogP contribution in [-0.4, -0.2) is 76.5 Å². The van der Waals surface area contributed by atoms with E-state index in [0.29, 0.717) is 24.2 Å². The van der Waals surface area contributed by atoms with E-state index in [-0.39, 0.29) is 36.2 Å². The molecule has 5 aliphatic rings. The number of aliphatic hydroxyl groups excluding tert-OH is 1. The molecule has 0 spiro atoms. The molecule has 5 rings (SSSR count). The van der Waals surface area contributed by atoms with Gasteiger partial charge in [0.05, 0.1) is 18.9 Å². The number of likely N-dealkylation sites (tertiary alicyclic amines) is 1. The summed E-state index contributed by atoms with van der Waals surface area (Å²) in [6, 6.07) is -0.796. The molecular weight excluding hydrogens is 488 g/mol. The van der Waals surface area contributed by atoms with Crippen molar-refractivity contribution in [3.8, 4) is 0 Å². The quantitative estimate of drug-likeness (QED) is 0.414. The lowest BCUT2D eigenvalue weighted by Gasteiger charge is -2.59. The van der Waals surface area contributed by atoms with Crippen molar-refractivity contribution < 1.29 is 34.2 Å². The second-order valence-corrected chi connectivity index (χ2v) is 12.7. The number of nitrogens with zero attached hydrogens (tertiary/aromatic N) is 2. The molecule has 1 aliphatic heterocycles. The second kappa shape index (κ2) is 9.73. The molecule has 1 amide bonds. The van der Waals surface area contributed by atoms with Crippen molar-refractivity contribution in [2.24, 2.45) is 33.7 Å². The zero-order valence-corrected chi connectivity index (χ0v) is 23.1. The fourth-order valence-electron chi connectivity index (χ4n) is 8.94. The van der Waals surface area contributed by atoms with Gasteiger partial charge in [0.1, 0.15) is 11.6 Å². The van der Waals surface area contributed by atoms with Crippen molar-refractivity contribution in [3.63, 3.8) is 0 Å². The molecule has 2 N–H and O–H groups in total. The normalized spacial score (nSPS) is 43.1. The molecule has 1 heterocycles. The highest BCUT2D eigenvalue weighted by Crippen LogP contribution is 2.67. The van der Waals surface area contributed by atoms with Gasteiger partial charge in [0, 0.05) is 18.4 Å². The third kappa shape index (κ3) is 4.12. The van der Waals surface area contributed by atoms with Gasteiger partial charge in [-0.3, -0.25) is 9.59 Å². The number of ether oxygens (including phenoxy) is 1. The molecule has 210 valence electrons. The Labute approximate surface area is 224 Å². The number of esters is 1. The molecular formula is C29H42N2O7. The van der Waals surface area contributed by atoms with Crippen LogP contribution in [0.3, 0.4) is 0 Å². The summed E-state index contributed by atoms with van der Waals surface area (Å²) >= 11 is 0. The summed E-state index contributed by atoms with van der Waals surface area (Å²) in [5.74, 6) is 0.381. The predicted octanol–water partition coefficient (Wildman–Crippen LogP) is 2.78. The van der Waals surface area contributed by atoms with Gasteiger partial charge in [0.2, 0.25) is 0 Å². The van der Waals surface area contributed by atoms with E-state index in [4.69, 9.17) is 9.57 Å². The third-order valence-corrected chi connectivity index (χ3v) is 11.2. The number of ketones is 1. The summed E-state index contributed by atoms with van der Waals surface area (Å²) in [4.78, 5) is 43.8. The minimum atomic E-state index is -1.19. The Balaban J connectivity index is 1.25. The number of β-amino-alcohol motifs (C(OH)–C–C–N with tert-alkyl or cyclic N) is 1. The van der Waals surface area contributed by atoms with E-state index < -0.39 is 29.6 Å². The topological polar surface area (TPSA) is 126 Å². The Hall–Kier alpha value is -2.26. The average Bonchev–Trinajstić information content (AvgIpc) is 3.41. The van der Waals surface area contributed by atoms with Crippen LogP contribution in [0.5, 0.6) is 0 Å². The van der Waals surface area contributed by atoms with E-state index in [2.05, 4.69) is 25.1 Å². The average molecular weight is 531 g/mol. The summed E-state index contributed by atoms with van der Waals surface area (Å²) in [5.41, 5.74) is 0.746. The number of amides is 1. The SMILES string of the molecule is COC(=O)[C@H]1C[C@@H](O)CN1C(=O)CO/N=C1\C=C2CC[C@@H]3[C@H](CC[C@@]4(C)[C@H]3CC[C@]4(O)C(C)=O)[C@@]2(C)CC1. The van der Waals surface area contributed by atoms with Crippen molar-refractivity contribution in [1.29, 1.82) is 0 Å². The Morgan fingerprint density at radius 3 is 2.55 bits per heavy atom. The van der Waals surface area contributed by atoms with Crippen LogP contribution in [-0.2, 0) is 24.0 Å². The number of aliphatic hydroxyl groups is 2. The number of carbonyl (C=O) groups excluding carboxylic acids is 3. The smallest absolute Gasteiger partial charge is 0.328 e. The van der Waals surface area contributed by atoms with Crippen molar-refractivity contribution in [3.05, 3.63) is 11.6 Å². The van der Waals surface area contributed by atoms with Crippen LogP contribution in [0.4, 0.5) is 0 Å². The van der Waals surface area contributed by atoms with Gasteiger partial charge < -0.3 is 24.7 Å². The summed E-state index contributed by atoms with van der Waals surface area (Å²) in [6.45, 7) is 5.85. The summed E-state index contributed by atoms with van der Waals surface area (Å²) in [7, 11) is 1.27. The first-order chi connectivity index (χ1) is 17.9. The number of hydrogen-bond donors (Lipinski definition) is 2. The largest absolute Gasteiger partial charge is 0.467 e. The molecule has 0 aromatic heterocycles. The maximum absolute atomic E-state index is 12.7. The molecule has 0 aromatic carbocycles. The molecule has 0 aromatic rings. The van der Waals surface area contributed by atoms with E-state index in [9.17, 15) is 24.6 Å². The molecule has 9 nitrogen and oxygen atoms in total. The minimum absolute atomic E-state index is 0.0649. The van der Waals surface area contributed by atoms with Crippen LogP contribution in [0, 0.1) is 28.6 Å². The van der Waals surface area contributed by atoms with Gasteiger partial charge in [-0.05, 0) is 87.5 Å². The lowest BCUT2D eigenvalue weighted by molar-refractivity contribution is -0.159. The van der Waals surface area contributed by atoms with Crippen molar-refractivity contribution in [1.82, 2.24) is 4.90 Å². The summed E-state index contributed by atoms with van der Waals surface area (Å²) in [5, 5.41) is 25.5. The van der Waals surface area contributed by atoms with Crippen LogP contribution in [0.15, 0.2) is 16.8 Å². The Morgan fingerprint density at radius 2 is 1.84 bits per heavy atom. The Bertz CT molecular complexity index is 1070. The molecule has 0 bridgehead atoms.